The number of hydrogen-bond acceptors (Lipinski definition) is 2. The van der Waals surface area contributed by atoms with Gasteiger partial charge in [0.05, 0.1) is 12.2 Å². The maximum absolute atomic E-state index is 12.0. The van der Waals surface area contributed by atoms with Gasteiger partial charge in [-0.25, -0.2) is 0 Å². The minimum absolute atomic E-state index is 0.0236. The van der Waals surface area contributed by atoms with Crippen molar-refractivity contribution < 1.29 is 18.0 Å². The van der Waals surface area contributed by atoms with E-state index in [0.29, 0.717) is 11.3 Å². The van der Waals surface area contributed by atoms with Crippen molar-refractivity contribution in [1.29, 1.82) is 0 Å². The van der Waals surface area contributed by atoms with E-state index in [9.17, 15) is 18.0 Å². The molecule has 7 heteroatoms. The van der Waals surface area contributed by atoms with Gasteiger partial charge in [0.15, 0.2) is 0 Å². The average Bonchev–Trinajstić information content (AvgIpc) is 2.58. The summed E-state index contributed by atoms with van der Waals surface area (Å²) < 4.78 is 36.0. The predicted octanol–water partition coefficient (Wildman–Crippen LogP) is 0.814. The third-order valence-electron chi connectivity index (χ3n) is 2.04. The van der Waals surface area contributed by atoms with Crippen molar-refractivity contribution in [2.24, 2.45) is 0 Å². The van der Waals surface area contributed by atoms with Crippen molar-refractivity contribution in [3.8, 4) is 0 Å². The van der Waals surface area contributed by atoms with Gasteiger partial charge in [-0.3, -0.25) is 9.89 Å². The molecule has 1 aliphatic rings. The standard InChI is InChI=1S/C7H6F3N3O/c8-7(9,10)6(14)13-2-4-1-11-12-5(4)3-13/h1H,2-3H2,(H,11,12). The van der Waals surface area contributed by atoms with Gasteiger partial charge in [-0.15, -0.1) is 0 Å². The molecule has 0 saturated carbocycles. The Bertz CT molecular complexity index is 350. The van der Waals surface area contributed by atoms with Gasteiger partial charge in [-0.1, -0.05) is 0 Å². The van der Waals surface area contributed by atoms with Crippen LogP contribution in [0.2, 0.25) is 0 Å². The van der Waals surface area contributed by atoms with Crippen molar-refractivity contribution >= 4 is 5.91 Å². The number of nitrogens with zero attached hydrogens (tertiary/aromatic N) is 2. The summed E-state index contributed by atoms with van der Waals surface area (Å²) in [6, 6.07) is 0. The Labute approximate surface area is 76.7 Å². The molecular weight excluding hydrogens is 199 g/mol. The zero-order valence-corrected chi connectivity index (χ0v) is 6.93. The predicted molar refractivity (Wildman–Crippen MR) is 38.9 cm³/mol. The fourth-order valence-corrected chi connectivity index (χ4v) is 1.38. The first-order valence-electron chi connectivity index (χ1n) is 3.86. The first-order valence-corrected chi connectivity index (χ1v) is 3.86. The van der Waals surface area contributed by atoms with E-state index >= 15 is 0 Å². The Morgan fingerprint density at radius 3 is 2.79 bits per heavy atom. The third-order valence-corrected chi connectivity index (χ3v) is 2.04. The number of alkyl halides is 3. The second kappa shape index (κ2) is 2.73. The van der Waals surface area contributed by atoms with E-state index in [-0.39, 0.29) is 13.1 Å². The number of H-pyrrole nitrogens is 1. The first-order chi connectivity index (χ1) is 6.48. The monoisotopic (exact) mass is 205 g/mol. The minimum atomic E-state index is -4.80. The summed E-state index contributed by atoms with van der Waals surface area (Å²) in [5, 5.41) is 6.25. The molecule has 0 radical (unpaired) electrons. The molecule has 0 saturated heterocycles. The highest BCUT2D eigenvalue weighted by molar-refractivity contribution is 5.82. The van der Waals surface area contributed by atoms with Gasteiger partial charge in [0, 0.05) is 18.3 Å². The molecule has 0 aliphatic carbocycles. The molecule has 1 amide bonds. The summed E-state index contributed by atoms with van der Waals surface area (Å²) in [6.45, 7) is -0.0959. The number of rotatable bonds is 0. The Hall–Kier alpha value is -1.53. The topological polar surface area (TPSA) is 49.0 Å². The van der Waals surface area contributed by atoms with Crippen LogP contribution < -0.4 is 0 Å². The van der Waals surface area contributed by atoms with Crippen LogP contribution in [0.25, 0.3) is 0 Å². The highest BCUT2D eigenvalue weighted by Crippen LogP contribution is 2.26. The van der Waals surface area contributed by atoms with Crippen LogP contribution >= 0.6 is 0 Å². The summed E-state index contributed by atoms with van der Waals surface area (Å²) >= 11 is 0. The molecule has 2 heterocycles. The van der Waals surface area contributed by atoms with Gasteiger partial charge >= 0.3 is 12.1 Å². The van der Waals surface area contributed by atoms with Crippen molar-refractivity contribution in [3.63, 3.8) is 0 Å². The van der Waals surface area contributed by atoms with E-state index in [1.165, 1.54) is 6.20 Å². The summed E-state index contributed by atoms with van der Waals surface area (Å²) in [5.41, 5.74) is 1.14. The van der Waals surface area contributed by atoms with Crippen LogP contribution in [0.1, 0.15) is 11.3 Å². The van der Waals surface area contributed by atoms with Crippen molar-refractivity contribution in [1.82, 2.24) is 15.1 Å². The van der Waals surface area contributed by atoms with E-state index in [1.807, 2.05) is 0 Å². The fraction of sp³-hybridized carbons (Fsp3) is 0.429. The highest BCUT2D eigenvalue weighted by atomic mass is 19.4. The Balaban J connectivity index is 2.12. The number of aromatic nitrogens is 2. The Kier molecular flexibility index (Phi) is 1.76. The molecular formula is C7H6F3N3O. The number of amides is 1. The molecule has 0 bridgehead atoms. The number of aromatic amines is 1. The van der Waals surface area contributed by atoms with Crippen LogP contribution in [0.4, 0.5) is 13.2 Å². The summed E-state index contributed by atoms with van der Waals surface area (Å²) in [7, 11) is 0. The van der Waals surface area contributed by atoms with Crippen LogP contribution in [-0.2, 0) is 17.9 Å². The molecule has 4 nitrogen and oxygen atoms in total. The molecule has 0 aromatic carbocycles. The van der Waals surface area contributed by atoms with Crippen LogP contribution in [0.15, 0.2) is 6.20 Å². The fourth-order valence-electron chi connectivity index (χ4n) is 1.38. The molecule has 1 N–H and O–H groups in total. The second-order valence-electron chi connectivity index (χ2n) is 3.02. The van der Waals surface area contributed by atoms with Crippen LogP contribution in [-0.4, -0.2) is 27.2 Å². The first kappa shape index (κ1) is 9.04. The van der Waals surface area contributed by atoms with E-state index < -0.39 is 12.1 Å². The maximum atomic E-state index is 12.0. The highest BCUT2D eigenvalue weighted by Gasteiger charge is 2.44. The van der Waals surface area contributed by atoms with Gasteiger partial charge in [-0.05, 0) is 0 Å². The van der Waals surface area contributed by atoms with Gasteiger partial charge in [-0.2, -0.15) is 18.3 Å². The van der Waals surface area contributed by atoms with Crippen molar-refractivity contribution in [2.45, 2.75) is 19.3 Å². The maximum Gasteiger partial charge on any atom is 0.471 e. The van der Waals surface area contributed by atoms with Gasteiger partial charge in [0.1, 0.15) is 0 Å². The smallest absolute Gasteiger partial charge is 0.324 e. The third kappa shape index (κ3) is 1.34. The van der Waals surface area contributed by atoms with E-state index in [1.54, 1.807) is 0 Å². The summed E-state index contributed by atoms with van der Waals surface area (Å²) in [4.78, 5) is 11.5. The molecule has 0 spiro atoms. The van der Waals surface area contributed by atoms with E-state index in [4.69, 9.17) is 0 Å². The zero-order chi connectivity index (χ0) is 10.3. The lowest BCUT2D eigenvalue weighted by Gasteiger charge is -2.16. The van der Waals surface area contributed by atoms with Crippen LogP contribution in [0.3, 0.4) is 0 Å². The summed E-state index contributed by atoms with van der Waals surface area (Å²) in [6.07, 6.45) is -3.30. The molecule has 1 aliphatic heterocycles. The molecule has 1 aromatic heterocycles. The lowest BCUT2D eigenvalue weighted by atomic mass is 10.3. The Morgan fingerprint density at radius 2 is 2.21 bits per heavy atom. The number of carbonyl (C=O) groups excluding carboxylic acids is 1. The number of hydrogen-bond donors (Lipinski definition) is 1. The molecule has 0 unspecified atom stereocenters. The Morgan fingerprint density at radius 1 is 1.50 bits per heavy atom. The van der Waals surface area contributed by atoms with Gasteiger partial charge in [0.2, 0.25) is 0 Å². The minimum Gasteiger partial charge on any atom is -0.324 e. The zero-order valence-electron chi connectivity index (χ0n) is 6.93. The van der Waals surface area contributed by atoms with Crippen molar-refractivity contribution in [3.05, 3.63) is 17.5 Å². The van der Waals surface area contributed by atoms with Gasteiger partial charge < -0.3 is 4.90 Å². The average molecular weight is 205 g/mol. The number of nitrogens with one attached hydrogen (secondary N) is 1. The lowest BCUT2D eigenvalue weighted by molar-refractivity contribution is -0.186. The molecule has 2 rings (SSSR count). The van der Waals surface area contributed by atoms with Crippen molar-refractivity contribution in [2.75, 3.05) is 0 Å². The van der Waals surface area contributed by atoms with Crippen LogP contribution in [0.5, 0.6) is 0 Å². The molecule has 1 aromatic rings. The number of halogens is 3. The van der Waals surface area contributed by atoms with Gasteiger partial charge in [0.25, 0.3) is 0 Å². The largest absolute Gasteiger partial charge is 0.471 e. The second-order valence-corrected chi connectivity index (χ2v) is 3.02. The quantitative estimate of drug-likeness (QED) is 0.681. The SMILES string of the molecule is O=C(N1Cc2c[nH]nc2C1)C(F)(F)F. The van der Waals surface area contributed by atoms with E-state index in [2.05, 4.69) is 10.2 Å². The molecule has 0 atom stereocenters. The molecule has 76 valence electrons. The lowest BCUT2D eigenvalue weighted by Crippen LogP contribution is -2.37. The van der Waals surface area contributed by atoms with Crippen LogP contribution in [0, 0.1) is 0 Å². The summed E-state index contributed by atoms with van der Waals surface area (Å²) in [5.74, 6) is -1.81. The molecule has 14 heavy (non-hydrogen) atoms. The normalized spacial score (nSPS) is 15.8. The van der Waals surface area contributed by atoms with E-state index in [0.717, 1.165) is 4.90 Å². The number of fused-ring (bicyclic) bond motifs is 1. The molecule has 0 fully saturated rings. The number of carbonyl (C=O) groups is 1.